The van der Waals surface area contributed by atoms with Crippen LogP contribution in [0.4, 0.5) is 5.69 Å². The summed E-state index contributed by atoms with van der Waals surface area (Å²) >= 11 is 0. The fourth-order valence-corrected chi connectivity index (χ4v) is 2.87. The van der Waals surface area contributed by atoms with Gasteiger partial charge in [0.05, 0.1) is 12.2 Å². The van der Waals surface area contributed by atoms with Crippen molar-refractivity contribution in [3.63, 3.8) is 0 Å². The average Bonchev–Trinajstić information content (AvgIpc) is 2.68. The molecule has 3 aromatic carbocycles. The molecular weight excluding hydrogens is 308 g/mol. The van der Waals surface area contributed by atoms with E-state index < -0.39 is 0 Å². The molecule has 3 nitrogen and oxygen atoms in total. The molecule has 122 valence electrons. The molecule has 4 aromatic rings. The highest BCUT2D eigenvalue weighted by Crippen LogP contribution is 2.23. The first-order valence-corrected chi connectivity index (χ1v) is 8.26. The summed E-state index contributed by atoms with van der Waals surface area (Å²) in [5.74, 6) is 0.214. The van der Waals surface area contributed by atoms with E-state index in [1.54, 1.807) is 6.07 Å². The Morgan fingerprint density at radius 1 is 0.720 bits per heavy atom. The number of fused-ring (bicyclic) bond motifs is 1. The van der Waals surface area contributed by atoms with E-state index in [0.29, 0.717) is 12.1 Å². The lowest BCUT2D eigenvalue weighted by molar-refractivity contribution is 0.480. The van der Waals surface area contributed by atoms with E-state index >= 15 is 0 Å². The van der Waals surface area contributed by atoms with Crippen molar-refractivity contribution in [1.29, 1.82) is 0 Å². The standard InChI is InChI=1S/C22H18N2O/c25-21-8-4-7-18-11-14-20(24-22(18)21)15-23-19-12-9-17(10-13-19)16-5-2-1-3-6-16/h1-14,23,25H,15H2. The first-order chi connectivity index (χ1) is 12.3. The lowest BCUT2D eigenvalue weighted by atomic mass is 10.1. The van der Waals surface area contributed by atoms with Crippen LogP contribution >= 0.6 is 0 Å². The minimum Gasteiger partial charge on any atom is -0.506 e. The van der Waals surface area contributed by atoms with Gasteiger partial charge in [0.25, 0.3) is 0 Å². The molecule has 0 radical (unpaired) electrons. The number of nitrogens with one attached hydrogen (secondary N) is 1. The Morgan fingerprint density at radius 3 is 2.28 bits per heavy atom. The molecule has 0 aliphatic carbocycles. The molecule has 0 saturated carbocycles. The van der Waals surface area contributed by atoms with Crippen LogP contribution in [0, 0.1) is 0 Å². The fraction of sp³-hybridized carbons (Fsp3) is 0.0455. The second-order valence-corrected chi connectivity index (χ2v) is 5.95. The number of hydrogen-bond donors (Lipinski definition) is 2. The Morgan fingerprint density at radius 2 is 1.48 bits per heavy atom. The van der Waals surface area contributed by atoms with Gasteiger partial charge in [0.2, 0.25) is 0 Å². The minimum absolute atomic E-state index is 0.214. The molecule has 0 saturated heterocycles. The number of aromatic hydroxyl groups is 1. The number of rotatable bonds is 4. The van der Waals surface area contributed by atoms with Crippen molar-refractivity contribution < 1.29 is 5.11 Å². The maximum Gasteiger partial charge on any atom is 0.141 e. The second kappa shape index (κ2) is 6.65. The van der Waals surface area contributed by atoms with Gasteiger partial charge in [-0.15, -0.1) is 0 Å². The lowest BCUT2D eigenvalue weighted by Crippen LogP contribution is -2.01. The lowest BCUT2D eigenvalue weighted by Gasteiger charge is -2.09. The molecule has 4 rings (SSSR count). The summed E-state index contributed by atoms with van der Waals surface area (Å²) in [5, 5.41) is 14.3. The first kappa shape index (κ1) is 15.2. The van der Waals surface area contributed by atoms with Gasteiger partial charge in [-0.1, -0.05) is 60.7 Å². The molecule has 0 spiro atoms. The molecule has 25 heavy (non-hydrogen) atoms. The van der Waals surface area contributed by atoms with Gasteiger partial charge in [0.1, 0.15) is 11.3 Å². The summed E-state index contributed by atoms with van der Waals surface area (Å²) in [7, 11) is 0. The number of nitrogens with zero attached hydrogens (tertiary/aromatic N) is 1. The van der Waals surface area contributed by atoms with E-state index in [-0.39, 0.29) is 5.75 Å². The van der Waals surface area contributed by atoms with Crippen LogP contribution < -0.4 is 5.32 Å². The van der Waals surface area contributed by atoms with Gasteiger partial charge < -0.3 is 10.4 Å². The van der Waals surface area contributed by atoms with E-state index in [1.165, 1.54) is 11.1 Å². The number of phenolic OH excluding ortho intramolecular Hbond substituents is 1. The highest BCUT2D eigenvalue weighted by atomic mass is 16.3. The summed E-state index contributed by atoms with van der Waals surface area (Å²) in [5.41, 5.74) is 4.97. The van der Waals surface area contributed by atoms with Crippen molar-refractivity contribution in [3.8, 4) is 16.9 Å². The van der Waals surface area contributed by atoms with Crippen molar-refractivity contribution in [3.05, 3.63) is 90.6 Å². The second-order valence-electron chi connectivity index (χ2n) is 5.95. The van der Waals surface area contributed by atoms with Gasteiger partial charge in [0, 0.05) is 11.1 Å². The third-order valence-electron chi connectivity index (χ3n) is 4.22. The molecular formula is C22H18N2O. The Labute approximate surface area is 146 Å². The fourth-order valence-electron chi connectivity index (χ4n) is 2.87. The van der Waals surface area contributed by atoms with Crippen LogP contribution in [0.25, 0.3) is 22.0 Å². The minimum atomic E-state index is 0.214. The molecule has 0 aliphatic heterocycles. The number of benzene rings is 3. The zero-order valence-corrected chi connectivity index (χ0v) is 13.7. The zero-order valence-electron chi connectivity index (χ0n) is 13.7. The Kier molecular flexibility index (Phi) is 4.05. The highest BCUT2D eigenvalue weighted by Gasteiger charge is 2.03. The Balaban J connectivity index is 1.49. The number of pyridine rings is 1. The van der Waals surface area contributed by atoms with Crippen LogP contribution in [0.15, 0.2) is 84.9 Å². The molecule has 2 N–H and O–H groups in total. The molecule has 0 unspecified atom stereocenters. The SMILES string of the molecule is Oc1cccc2ccc(CNc3ccc(-c4ccccc4)cc3)nc12. The topological polar surface area (TPSA) is 45.1 Å². The van der Waals surface area contributed by atoms with Crippen LogP contribution in [0.5, 0.6) is 5.75 Å². The van der Waals surface area contributed by atoms with Crippen molar-refractivity contribution in [2.24, 2.45) is 0 Å². The third-order valence-corrected chi connectivity index (χ3v) is 4.22. The van der Waals surface area contributed by atoms with Gasteiger partial charge in [0.15, 0.2) is 0 Å². The van der Waals surface area contributed by atoms with Gasteiger partial charge in [-0.3, -0.25) is 0 Å². The molecule has 0 atom stereocenters. The Hall–Kier alpha value is -3.33. The monoisotopic (exact) mass is 326 g/mol. The molecule has 0 fully saturated rings. The number of hydrogen-bond acceptors (Lipinski definition) is 3. The van der Waals surface area contributed by atoms with Crippen LogP contribution in [-0.4, -0.2) is 10.1 Å². The smallest absolute Gasteiger partial charge is 0.141 e. The van der Waals surface area contributed by atoms with E-state index in [9.17, 15) is 5.11 Å². The van der Waals surface area contributed by atoms with Gasteiger partial charge in [-0.2, -0.15) is 0 Å². The average molecular weight is 326 g/mol. The largest absolute Gasteiger partial charge is 0.506 e. The third kappa shape index (κ3) is 3.31. The normalized spacial score (nSPS) is 10.7. The molecule has 1 heterocycles. The van der Waals surface area contributed by atoms with Gasteiger partial charge in [-0.25, -0.2) is 4.98 Å². The van der Waals surface area contributed by atoms with Crippen molar-refractivity contribution in [2.75, 3.05) is 5.32 Å². The summed E-state index contributed by atoms with van der Waals surface area (Å²) in [6.45, 7) is 0.606. The summed E-state index contributed by atoms with van der Waals surface area (Å²) < 4.78 is 0. The summed E-state index contributed by atoms with van der Waals surface area (Å²) in [4.78, 5) is 4.54. The number of anilines is 1. The summed E-state index contributed by atoms with van der Waals surface area (Å²) in [6.07, 6.45) is 0. The van der Waals surface area contributed by atoms with E-state index in [0.717, 1.165) is 16.8 Å². The maximum atomic E-state index is 9.94. The van der Waals surface area contributed by atoms with Crippen LogP contribution in [0.2, 0.25) is 0 Å². The predicted octanol–water partition coefficient (Wildman–Crippen LogP) is 5.22. The molecule has 0 bridgehead atoms. The number of phenols is 1. The highest BCUT2D eigenvalue weighted by molar-refractivity contribution is 5.84. The molecule has 0 aliphatic rings. The number of para-hydroxylation sites is 1. The van der Waals surface area contributed by atoms with Crippen molar-refractivity contribution >= 4 is 16.6 Å². The zero-order chi connectivity index (χ0) is 17.1. The van der Waals surface area contributed by atoms with E-state index in [2.05, 4.69) is 46.7 Å². The first-order valence-electron chi connectivity index (χ1n) is 8.26. The van der Waals surface area contributed by atoms with Crippen molar-refractivity contribution in [2.45, 2.75) is 6.54 Å². The number of aromatic nitrogens is 1. The quantitative estimate of drug-likeness (QED) is 0.540. The predicted molar refractivity (Wildman–Crippen MR) is 103 cm³/mol. The van der Waals surface area contributed by atoms with Crippen LogP contribution in [0.3, 0.4) is 0 Å². The Bertz CT molecular complexity index is 995. The van der Waals surface area contributed by atoms with E-state index in [4.69, 9.17) is 0 Å². The molecule has 0 amide bonds. The summed E-state index contributed by atoms with van der Waals surface area (Å²) in [6, 6.07) is 28.1. The maximum absolute atomic E-state index is 9.94. The van der Waals surface area contributed by atoms with Gasteiger partial charge in [-0.05, 0) is 35.4 Å². The molecule has 3 heteroatoms. The van der Waals surface area contributed by atoms with Crippen LogP contribution in [0.1, 0.15) is 5.69 Å². The van der Waals surface area contributed by atoms with Crippen molar-refractivity contribution in [1.82, 2.24) is 4.98 Å². The van der Waals surface area contributed by atoms with Gasteiger partial charge >= 0.3 is 0 Å². The molecule has 1 aromatic heterocycles. The van der Waals surface area contributed by atoms with Crippen LogP contribution in [-0.2, 0) is 6.54 Å². The van der Waals surface area contributed by atoms with E-state index in [1.807, 2.05) is 42.5 Å².